The van der Waals surface area contributed by atoms with Crippen LogP contribution in [0.15, 0.2) is 28.7 Å². The quantitative estimate of drug-likeness (QED) is 0.860. The maximum atomic E-state index is 9.44. The zero-order valence-corrected chi connectivity index (χ0v) is 13.2. The average Bonchev–Trinajstić information content (AvgIpc) is 2.45. The van der Waals surface area contributed by atoms with E-state index in [-0.39, 0.29) is 0 Å². The largest absolute Gasteiger partial charge is 0.396 e. The number of aliphatic hydroxyl groups excluding tert-OH is 1. The molecule has 1 aliphatic rings. The van der Waals surface area contributed by atoms with Gasteiger partial charge in [-0.15, -0.1) is 0 Å². The molecular weight excluding hydrogens is 302 g/mol. The zero-order valence-electron chi connectivity index (χ0n) is 11.6. The van der Waals surface area contributed by atoms with Crippen molar-refractivity contribution < 1.29 is 5.11 Å². The lowest BCUT2D eigenvalue weighted by Gasteiger charge is -2.31. The molecule has 0 amide bonds. The number of aliphatic hydroxyl groups is 1. The summed E-state index contributed by atoms with van der Waals surface area (Å²) < 4.78 is 1.12. The topological polar surface area (TPSA) is 32.3 Å². The smallest absolute Gasteiger partial charge is 0.0462 e. The van der Waals surface area contributed by atoms with Crippen molar-refractivity contribution >= 4 is 15.9 Å². The highest BCUT2D eigenvalue weighted by molar-refractivity contribution is 9.10. The van der Waals surface area contributed by atoms with E-state index in [1.807, 2.05) is 0 Å². The molecule has 3 atom stereocenters. The van der Waals surface area contributed by atoms with Gasteiger partial charge in [-0.3, -0.25) is 0 Å². The van der Waals surface area contributed by atoms with Crippen LogP contribution in [0, 0.1) is 11.8 Å². The van der Waals surface area contributed by atoms with Crippen LogP contribution in [0.1, 0.15) is 44.2 Å². The first kappa shape index (κ1) is 15.0. The average molecular weight is 326 g/mol. The Bertz CT molecular complexity index is 379. The maximum absolute atomic E-state index is 9.44. The first-order chi connectivity index (χ1) is 9.20. The molecule has 2 N–H and O–H groups in total. The Labute approximate surface area is 124 Å². The van der Waals surface area contributed by atoms with Gasteiger partial charge in [-0.05, 0) is 55.8 Å². The van der Waals surface area contributed by atoms with Gasteiger partial charge in [0.1, 0.15) is 0 Å². The van der Waals surface area contributed by atoms with Crippen molar-refractivity contribution in [2.24, 2.45) is 11.8 Å². The van der Waals surface area contributed by atoms with E-state index >= 15 is 0 Å². The normalized spacial score (nSPS) is 25.2. The second kappa shape index (κ2) is 7.41. The monoisotopic (exact) mass is 325 g/mol. The van der Waals surface area contributed by atoms with Gasteiger partial charge < -0.3 is 10.4 Å². The van der Waals surface area contributed by atoms with Crippen LogP contribution >= 0.6 is 15.9 Å². The van der Waals surface area contributed by atoms with Gasteiger partial charge >= 0.3 is 0 Å². The van der Waals surface area contributed by atoms with E-state index in [1.165, 1.54) is 31.2 Å². The van der Waals surface area contributed by atoms with Gasteiger partial charge in [0.05, 0.1) is 0 Å². The summed E-state index contributed by atoms with van der Waals surface area (Å²) in [4.78, 5) is 0. The Balaban J connectivity index is 1.85. The summed E-state index contributed by atoms with van der Waals surface area (Å²) in [5.41, 5.74) is 1.32. The SMILES string of the molecule is CC(NCC1CCCCC1CO)c1ccc(Br)cc1. The number of hydrogen-bond donors (Lipinski definition) is 2. The van der Waals surface area contributed by atoms with Crippen LogP contribution in [0.4, 0.5) is 0 Å². The lowest BCUT2D eigenvalue weighted by atomic mass is 9.79. The maximum Gasteiger partial charge on any atom is 0.0462 e. The van der Waals surface area contributed by atoms with Crippen molar-refractivity contribution in [3.05, 3.63) is 34.3 Å². The third kappa shape index (κ3) is 4.30. The van der Waals surface area contributed by atoms with Crippen LogP contribution < -0.4 is 5.32 Å². The molecule has 1 aliphatic carbocycles. The summed E-state index contributed by atoms with van der Waals surface area (Å²) in [6, 6.07) is 8.86. The zero-order chi connectivity index (χ0) is 13.7. The van der Waals surface area contributed by atoms with Crippen LogP contribution in [0.5, 0.6) is 0 Å². The highest BCUT2D eigenvalue weighted by Gasteiger charge is 2.24. The number of benzene rings is 1. The van der Waals surface area contributed by atoms with Crippen LogP contribution in [0.25, 0.3) is 0 Å². The Morgan fingerprint density at radius 1 is 1.21 bits per heavy atom. The lowest BCUT2D eigenvalue weighted by molar-refractivity contribution is 0.131. The Hall–Kier alpha value is -0.380. The van der Waals surface area contributed by atoms with Crippen LogP contribution in [-0.4, -0.2) is 18.3 Å². The third-order valence-electron chi connectivity index (χ3n) is 4.36. The highest BCUT2D eigenvalue weighted by atomic mass is 79.9. The molecule has 1 aromatic carbocycles. The molecule has 19 heavy (non-hydrogen) atoms. The van der Waals surface area contributed by atoms with Crippen molar-refractivity contribution in [2.75, 3.05) is 13.2 Å². The molecule has 0 aliphatic heterocycles. The summed E-state index contributed by atoms with van der Waals surface area (Å²) in [5.74, 6) is 1.13. The van der Waals surface area contributed by atoms with E-state index in [1.54, 1.807) is 0 Å². The summed E-state index contributed by atoms with van der Waals surface area (Å²) in [6.45, 7) is 3.57. The summed E-state index contributed by atoms with van der Waals surface area (Å²) >= 11 is 3.47. The van der Waals surface area contributed by atoms with Crippen molar-refractivity contribution in [3.63, 3.8) is 0 Å². The predicted octanol–water partition coefficient (Wildman–Crippen LogP) is 3.90. The van der Waals surface area contributed by atoms with Crippen molar-refractivity contribution in [1.82, 2.24) is 5.32 Å². The Kier molecular flexibility index (Phi) is 5.86. The third-order valence-corrected chi connectivity index (χ3v) is 4.89. The van der Waals surface area contributed by atoms with Gasteiger partial charge in [0.25, 0.3) is 0 Å². The molecule has 0 heterocycles. The van der Waals surface area contributed by atoms with Gasteiger partial charge in [-0.1, -0.05) is 40.9 Å². The molecule has 2 nitrogen and oxygen atoms in total. The summed E-state index contributed by atoms with van der Waals surface area (Å²) in [5, 5.41) is 13.1. The molecule has 0 bridgehead atoms. The van der Waals surface area contributed by atoms with Crippen LogP contribution in [-0.2, 0) is 0 Å². The molecular formula is C16H24BrNO. The molecule has 1 saturated carbocycles. The fourth-order valence-electron chi connectivity index (χ4n) is 2.99. The van der Waals surface area contributed by atoms with Gasteiger partial charge in [0, 0.05) is 17.1 Å². The van der Waals surface area contributed by atoms with E-state index < -0.39 is 0 Å². The van der Waals surface area contributed by atoms with Gasteiger partial charge in [0.15, 0.2) is 0 Å². The van der Waals surface area contributed by atoms with Crippen molar-refractivity contribution in [1.29, 1.82) is 0 Å². The summed E-state index contributed by atoms with van der Waals surface area (Å²) in [6.07, 6.45) is 5.04. The van der Waals surface area contributed by atoms with E-state index in [2.05, 4.69) is 52.4 Å². The van der Waals surface area contributed by atoms with Gasteiger partial charge in [-0.25, -0.2) is 0 Å². The molecule has 0 saturated heterocycles. The molecule has 0 spiro atoms. The highest BCUT2D eigenvalue weighted by Crippen LogP contribution is 2.29. The first-order valence-electron chi connectivity index (χ1n) is 7.30. The number of rotatable bonds is 5. The second-order valence-electron chi connectivity index (χ2n) is 5.67. The minimum Gasteiger partial charge on any atom is -0.396 e. The van der Waals surface area contributed by atoms with Crippen molar-refractivity contribution in [3.8, 4) is 0 Å². The van der Waals surface area contributed by atoms with E-state index in [0.717, 1.165) is 11.0 Å². The van der Waals surface area contributed by atoms with Crippen LogP contribution in [0.2, 0.25) is 0 Å². The van der Waals surface area contributed by atoms with Crippen molar-refractivity contribution in [2.45, 2.75) is 38.6 Å². The van der Waals surface area contributed by atoms with Gasteiger partial charge in [0.2, 0.25) is 0 Å². The molecule has 0 radical (unpaired) electrons. The molecule has 1 fully saturated rings. The first-order valence-corrected chi connectivity index (χ1v) is 8.09. The molecule has 1 aromatic rings. The summed E-state index contributed by atoms with van der Waals surface area (Å²) in [7, 11) is 0. The Morgan fingerprint density at radius 2 is 1.84 bits per heavy atom. The number of hydrogen-bond acceptors (Lipinski definition) is 2. The minimum atomic E-state index is 0.346. The molecule has 0 aromatic heterocycles. The lowest BCUT2D eigenvalue weighted by Crippen LogP contribution is -2.33. The van der Waals surface area contributed by atoms with E-state index in [0.29, 0.717) is 24.5 Å². The standard InChI is InChI=1S/C16H24BrNO/c1-12(13-6-8-16(17)9-7-13)18-10-14-4-2-3-5-15(14)11-19/h6-9,12,14-15,18-19H,2-5,10-11H2,1H3. The molecule has 106 valence electrons. The second-order valence-corrected chi connectivity index (χ2v) is 6.58. The number of halogens is 1. The fourth-order valence-corrected chi connectivity index (χ4v) is 3.26. The van der Waals surface area contributed by atoms with E-state index in [9.17, 15) is 5.11 Å². The number of nitrogens with one attached hydrogen (secondary N) is 1. The van der Waals surface area contributed by atoms with E-state index in [4.69, 9.17) is 0 Å². The minimum absolute atomic E-state index is 0.346. The van der Waals surface area contributed by atoms with Crippen LogP contribution in [0.3, 0.4) is 0 Å². The molecule has 3 unspecified atom stereocenters. The fraction of sp³-hybridized carbons (Fsp3) is 0.625. The Morgan fingerprint density at radius 3 is 2.47 bits per heavy atom. The molecule has 3 heteroatoms. The van der Waals surface area contributed by atoms with Gasteiger partial charge in [-0.2, -0.15) is 0 Å². The predicted molar refractivity (Wildman–Crippen MR) is 83.1 cm³/mol. The molecule has 2 rings (SSSR count).